The van der Waals surface area contributed by atoms with Crippen molar-refractivity contribution in [3.63, 3.8) is 0 Å². The summed E-state index contributed by atoms with van der Waals surface area (Å²) in [5.74, 6) is -1.74. The van der Waals surface area contributed by atoms with Crippen LogP contribution in [-0.2, 0) is 11.0 Å². The molecule has 2 aromatic rings. The molecule has 2 aromatic carbocycles. The lowest BCUT2D eigenvalue weighted by Gasteiger charge is -2.35. The SMILES string of the molecule is CC(C)(c1ccc(/C(=C/C(O)(C(F)(F)F)C(F)(F)F)CC(O)(C(F)(F)F)C(F)(F)F)cc1)c1ccc(O)c(C(N=O)(C(F)(F)F)C(F)(F)F)c1. The quantitative estimate of drug-likeness (QED) is 0.185. The lowest BCUT2D eigenvalue weighted by Crippen LogP contribution is -2.58. The second kappa shape index (κ2) is 12.5. The summed E-state index contributed by atoms with van der Waals surface area (Å²) in [4.78, 5) is 11.1. The van der Waals surface area contributed by atoms with Crippen molar-refractivity contribution in [3.05, 3.63) is 75.7 Å². The number of aromatic hydroxyl groups is 1. The van der Waals surface area contributed by atoms with E-state index in [0.29, 0.717) is 18.2 Å². The predicted octanol–water partition coefficient (Wildman–Crippen LogP) is 9.29. The van der Waals surface area contributed by atoms with Crippen molar-refractivity contribution in [1.82, 2.24) is 0 Å². The van der Waals surface area contributed by atoms with Crippen molar-refractivity contribution in [1.29, 1.82) is 0 Å². The molecule has 0 spiro atoms. The van der Waals surface area contributed by atoms with E-state index in [-0.39, 0.29) is 24.3 Å². The molecule has 0 saturated heterocycles. The van der Waals surface area contributed by atoms with Gasteiger partial charge in [0.25, 0.3) is 11.2 Å². The van der Waals surface area contributed by atoms with Gasteiger partial charge in [-0.1, -0.05) is 44.2 Å². The molecule has 2 rings (SSSR count). The Morgan fingerprint density at radius 3 is 1.36 bits per heavy atom. The molecular weight excluding hydrogens is 744 g/mol. The van der Waals surface area contributed by atoms with E-state index in [4.69, 9.17) is 0 Å². The first-order valence-electron chi connectivity index (χ1n) is 12.8. The largest absolute Gasteiger partial charge is 0.508 e. The number of rotatable bonds is 8. The van der Waals surface area contributed by atoms with Crippen LogP contribution in [0.5, 0.6) is 5.75 Å². The smallest absolute Gasteiger partial charge is 0.430 e. The maximum absolute atomic E-state index is 13.7. The summed E-state index contributed by atoms with van der Waals surface area (Å²) in [7, 11) is 0. The fourth-order valence-electron chi connectivity index (χ4n) is 4.55. The third-order valence-corrected chi connectivity index (χ3v) is 7.67. The molecule has 0 aliphatic carbocycles. The van der Waals surface area contributed by atoms with E-state index in [9.17, 15) is 99.3 Å². The zero-order chi connectivity index (χ0) is 39.5. The number of alkyl halides is 18. The van der Waals surface area contributed by atoms with Gasteiger partial charge in [0.05, 0.1) is 0 Å². The maximum Gasteiger partial charge on any atom is 0.430 e. The number of nitroso groups, excluding NO2 is 1. The molecule has 0 aromatic heterocycles. The average molecular weight is 763 g/mol. The molecule has 3 N–H and O–H groups in total. The summed E-state index contributed by atoms with van der Waals surface area (Å²) in [6.45, 7) is 1.98. The number of hydrogen-bond acceptors (Lipinski definition) is 5. The Bertz CT molecular complexity index is 1540. The molecule has 0 atom stereocenters. The van der Waals surface area contributed by atoms with Gasteiger partial charge in [-0.05, 0) is 45.6 Å². The Labute approximate surface area is 266 Å². The van der Waals surface area contributed by atoms with Crippen molar-refractivity contribution < 1.29 is 94.3 Å². The number of benzene rings is 2. The fourth-order valence-corrected chi connectivity index (χ4v) is 4.55. The summed E-state index contributed by atoms with van der Waals surface area (Å²) >= 11 is 0. The monoisotopic (exact) mass is 763 g/mol. The summed E-state index contributed by atoms with van der Waals surface area (Å²) in [6, 6.07) is 2.63. The second-order valence-electron chi connectivity index (χ2n) is 11.2. The molecular formula is C27H19F18NO4. The standard InChI is InChI=1S/C27H19F18NO4/c1-18(2,15-7-8-17(47)16(9-15)21(46-50,26(40,41)42)27(43,44)45)14-5-3-12(4-6-14)13(10-19(48,22(28,29)30)23(31,32)33)11-20(49,24(34,35)36)25(37,38)39/h3-10,47-49H,11H2,1-2H3/b13-10+. The van der Waals surface area contributed by atoms with Crippen LogP contribution >= 0.6 is 0 Å². The lowest BCUT2D eigenvalue weighted by atomic mass is 9.75. The molecule has 0 heterocycles. The van der Waals surface area contributed by atoms with Crippen LogP contribution in [-0.4, -0.2) is 63.6 Å². The normalized spacial score (nSPS) is 15.4. The summed E-state index contributed by atoms with van der Waals surface area (Å²) in [6.07, 6.45) is -44.8. The minimum Gasteiger partial charge on any atom is -0.508 e. The Morgan fingerprint density at radius 2 is 1.02 bits per heavy atom. The Balaban J connectivity index is 2.91. The van der Waals surface area contributed by atoms with Crippen LogP contribution in [0.25, 0.3) is 5.57 Å². The van der Waals surface area contributed by atoms with Gasteiger partial charge in [0.2, 0.25) is 0 Å². The molecule has 0 saturated carbocycles. The number of phenolic OH excluding ortho intramolecular Hbond substituents is 1. The number of nitrogens with zero attached hydrogens (tertiary/aromatic N) is 1. The minimum atomic E-state index is -6.83. The van der Waals surface area contributed by atoms with Gasteiger partial charge in [0.15, 0.2) is 0 Å². The van der Waals surface area contributed by atoms with Crippen molar-refractivity contribution in [2.45, 2.75) is 79.5 Å². The molecule has 50 heavy (non-hydrogen) atoms. The first kappa shape index (κ1) is 42.4. The predicted molar refractivity (Wildman–Crippen MR) is 133 cm³/mol. The van der Waals surface area contributed by atoms with Crippen molar-refractivity contribution >= 4 is 5.57 Å². The maximum atomic E-state index is 13.7. The van der Waals surface area contributed by atoms with Gasteiger partial charge in [-0.15, -0.1) is 4.91 Å². The van der Waals surface area contributed by atoms with Crippen LogP contribution in [0, 0.1) is 4.91 Å². The molecule has 0 fully saturated rings. The zero-order valence-electron chi connectivity index (χ0n) is 24.3. The van der Waals surface area contributed by atoms with Gasteiger partial charge in [-0.2, -0.15) is 79.0 Å². The van der Waals surface area contributed by atoms with Gasteiger partial charge in [-0.3, -0.25) is 0 Å². The fraction of sp³-hybridized carbons (Fsp3) is 0.481. The first-order valence-corrected chi connectivity index (χ1v) is 12.8. The van der Waals surface area contributed by atoms with E-state index in [2.05, 4.69) is 0 Å². The molecule has 0 aliphatic heterocycles. The highest BCUT2D eigenvalue weighted by molar-refractivity contribution is 5.69. The molecule has 5 nitrogen and oxygen atoms in total. The van der Waals surface area contributed by atoms with Gasteiger partial charge >= 0.3 is 42.6 Å². The number of aliphatic hydroxyl groups is 2. The van der Waals surface area contributed by atoms with E-state index in [0.717, 1.165) is 13.8 Å². The summed E-state index contributed by atoms with van der Waals surface area (Å²) in [5.41, 5.74) is -26.4. The molecule has 0 amide bonds. The van der Waals surface area contributed by atoms with E-state index in [1.807, 2.05) is 0 Å². The van der Waals surface area contributed by atoms with Gasteiger partial charge in [0.1, 0.15) is 5.75 Å². The third-order valence-electron chi connectivity index (χ3n) is 7.67. The van der Waals surface area contributed by atoms with Crippen LogP contribution in [0.3, 0.4) is 0 Å². The lowest BCUT2D eigenvalue weighted by molar-refractivity contribution is -0.366. The molecule has 0 unspecified atom stereocenters. The van der Waals surface area contributed by atoms with E-state index >= 15 is 0 Å². The third kappa shape index (κ3) is 7.06. The van der Waals surface area contributed by atoms with Gasteiger partial charge in [0, 0.05) is 17.4 Å². The van der Waals surface area contributed by atoms with Crippen LogP contribution < -0.4 is 0 Å². The van der Waals surface area contributed by atoms with E-state index < -0.39 is 105 Å². The minimum absolute atomic E-state index is 0.0243. The molecule has 23 heteroatoms. The van der Waals surface area contributed by atoms with Crippen LogP contribution in [0.2, 0.25) is 0 Å². The Kier molecular flexibility index (Phi) is 10.6. The molecule has 0 radical (unpaired) electrons. The summed E-state index contributed by atoms with van der Waals surface area (Å²) < 4.78 is 243. The summed E-state index contributed by atoms with van der Waals surface area (Å²) in [5, 5.41) is 30.2. The van der Waals surface area contributed by atoms with Crippen LogP contribution in [0.4, 0.5) is 79.0 Å². The van der Waals surface area contributed by atoms with Gasteiger partial charge in [-0.25, -0.2) is 0 Å². The Morgan fingerprint density at radius 1 is 0.620 bits per heavy atom. The highest BCUT2D eigenvalue weighted by Gasteiger charge is 2.76. The highest BCUT2D eigenvalue weighted by Crippen LogP contribution is 2.56. The number of hydrogen-bond donors (Lipinski definition) is 3. The zero-order valence-corrected chi connectivity index (χ0v) is 24.3. The van der Waals surface area contributed by atoms with E-state index in [1.54, 1.807) is 0 Å². The molecule has 282 valence electrons. The van der Waals surface area contributed by atoms with Crippen LogP contribution in [0.1, 0.15) is 42.5 Å². The highest BCUT2D eigenvalue weighted by atomic mass is 19.4. The second-order valence-corrected chi connectivity index (χ2v) is 11.2. The Hall–Kier alpha value is -3.76. The molecule has 0 bridgehead atoms. The average Bonchev–Trinajstić information content (AvgIpc) is 2.90. The topological polar surface area (TPSA) is 90.1 Å². The first-order chi connectivity index (χ1) is 22.0. The van der Waals surface area contributed by atoms with Crippen molar-refractivity contribution in [3.8, 4) is 5.75 Å². The van der Waals surface area contributed by atoms with Crippen molar-refractivity contribution in [2.24, 2.45) is 5.18 Å². The number of phenols is 1. The van der Waals surface area contributed by atoms with Crippen molar-refractivity contribution in [2.75, 3.05) is 0 Å². The van der Waals surface area contributed by atoms with E-state index in [1.165, 1.54) is 5.18 Å². The van der Waals surface area contributed by atoms with Gasteiger partial charge < -0.3 is 15.3 Å². The molecule has 0 aliphatic rings. The number of halogens is 18. The van der Waals surface area contributed by atoms with Crippen LogP contribution in [0.15, 0.2) is 53.7 Å².